The summed E-state index contributed by atoms with van der Waals surface area (Å²) in [4.78, 5) is 0. The van der Waals surface area contributed by atoms with Gasteiger partial charge in [0.1, 0.15) is 9.76 Å². The Balaban J connectivity index is 0. The van der Waals surface area contributed by atoms with Crippen molar-refractivity contribution in [3.05, 3.63) is 0 Å². The first-order valence-electron chi connectivity index (χ1n) is 5.92. The molecule has 0 radical (unpaired) electrons. The molecule has 0 saturated heterocycles. The van der Waals surface area contributed by atoms with E-state index in [1.165, 1.54) is 0 Å². The van der Waals surface area contributed by atoms with Crippen LogP contribution in [0.4, 0.5) is 0 Å². The predicted molar refractivity (Wildman–Crippen MR) is 75.7 cm³/mol. The van der Waals surface area contributed by atoms with Gasteiger partial charge in [-0.25, -0.2) is 0 Å². The van der Waals surface area contributed by atoms with E-state index in [2.05, 4.69) is 6.55 Å². The largest absolute Gasteiger partial charge is 0.477 e. The molecule has 0 N–H and O–H groups in total. The maximum absolute atomic E-state index is 5.90. The second-order valence-corrected chi connectivity index (χ2v) is 11.2. The lowest BCUT2D eigenvalue weighted by atomic mass is 10.9. The maximum atomic E-state index is 5.90. The molecule has 0 aliphatic rings. The van der Waals surface area contributed by atoms with Crippen molar-refractivity contribution in [2.75, 3.05) is 13.7 Å². The Morgan fingerprint density at radius 2 is 1.62 bits per heavy atom. The van der Waals surface area contributed by atoms with Crippen LogP contribution >= 0.6 is 0 Å². The van der Waals surface area contributed by atoms with Gasteiger partial charge in [-0.3, -0.25) is 0 Å². The summed E-state index contributed by atoms with van der Waals surface area (Å²) in [5, 5.41) is 0. The molecule has 0 aliphatic carbocycles. The molecule has 0 saturated carbocycles. The molecule has 1 unspecified atom stereocenters. The predicted octanol–water partition coefficient (Wildman–Crippen LogP) is 2.13. The van der Waals surface area contributed by atoms with Crippen LogP contribution in [0.5, 0.6) is 0 Å². The molecule has 0 heterocycles. The van der Waals surface area contributed by atoms with Gasteiger partial charge < -0.3 is 17.1 Å². The van der Waals surface area contributed by atoms with Crippen LogP contribution in [0.15, 0.2) is 0 Å². The van der Waals surface area contributed by atoms with Gasteiger partial charge in [-0.2, -0.15) is 0 Å². The van der Waals surface area contributed by atoms with Crippen molar-refractivity contribution in [3.63, 3.8) is 0 Å². The van der Waals surface area contributed by atoms with Gasteiger partial charge >= 0.3 is 17.4 Å². The van der Waals surface area contributed by atoms with Crippen LogP contribution in [0.25, 0.3) is 0 Å². The van der Waals surface area contributed by atoms with Crippen molar-refractivity contribution in [1.82, 2.24) is 0 Å². The molecule has 0 spiro atoms. The van der Waals surface area contributed by atoms with E-state index < -0.39 is 27.1 Å². The SMILES string of the molecule is CC.CCO[Si](C)(O[SiH2]C)O[Si](C)(C)OC. The first kappa shape index (κ1) is 18.8. The van der Waals surface area contributed by atoms with Crippen LogP contribution in [0, 0.1) is 0 Å². The summed E-state index contributed by atoms with van der Waals surface area (Å²) in [6.45, 7) is 14.6. The Morgan fingerprint density at radius 1 is 1.12 bits per heavy atom. The molecule has 0 aromatic rings. The van der Waals surface area contributed by atoms with E-state index in [1.54, 1.807) is 7.11 Å². The van der Waals surface area contributed by atoms with Gasteiger partial charge in [0, 0.05) is 20.3 Å². The summed E-state index contributed by atoms with van der Waals surface area (Å²) in [5.74, 6) is 0. The van der Waals surface area contributed by atoms with Gasteiger partial charge in [0.05, 0.1) is 0 Å². The van der Waals surface area contributed by atoms with Gasteiger partial charge in [0.15, 0.2) is 0 Å². The number of rotatable bonds is 7. The molecule has 0 aliphatic heterocycles. The zero-order valence-corrected chi connectivity index (χ0v) is 15.5. The quantitative estimate of drug-likeness (QED) is 0.671. The molecule has 0 fully saturated rings. The fraction of sp³-hybridized carbons (Fsp3) is 1.00. The first-order chi connectivity index (χ1) is 7.39. The second-order valence-electron chi connectivity index (χ2n) is 3.43. The van der Waals surface area contributed by atoms with E-state index in [9.17, 15) is 0 Å². The van der Waals surface area contributed by atoms with E-state index in [1.807, 2.05) is 40.4 Å². The summed E-state index contributed by atoms with van der Waals surface area (Å²) in [6, 6.07) is 0. The van der Waals surface area contributed by atoms with E-state index in [0.717, 1.165) is 0 Å². The minimum absolute atomic E-state index is 0.509. The standard InChI is InChI=1S/C7H22O4Si3.C2H6/c1-7-9-14(6,10-12-3)11-13(4,5)8-2;1-2/h7,12H2,1-6H3;1-2H3. The average molecular weight is 285 g/mol. The normalized spacial score (nSPS) is 15.8. The highest BCUT2D eigenvalue weighted by Crippen LogP contribution is 2.16. The van der Waals surface area contributed by atoms with E-state index >= 15 is 0 Å². The van der Waals surface area contributed by atoms with E-state index in [4.69, 9.17) is 17.1 Å². The van der Waals surface area contributed by atoms with Gasteiger partial charge in [0.2, 0.25) is 0 Å². The smallest absolute Gasteiger partial charge is 0.422 e. The Kier molecular flexibility index (Phi) is 11.2. The van der Waals surface area contributed by atoms with E-state index in [-0.39, 0.29) is 0 Å². The average Bonchev–Trinajstić information content (AvgIpc) is 2.20. The Labute approximate surface area is 105 Å². The molecule has 7 heteroatoms. The lowest BCUT2D eigenvalue weighted by molar-refractivity contribution is 0.160. The van der Waals surface area contributed by atoms with E-state index in [0.29, 0.717) is 6.61 Å². The molecular weight excluding hydrogens is 256 g/mol. The third-order valence-electron chi connectivity index (χ3n) is 1.74. The third kappa shape index (κ3) is 8.62. The lowest BCUT2D eigenvalue weighted by Crippen LogP contribution is -2.52. The highest BCUT2D eigenvalue weighted by Gasteiger charge is 2.41. The molecular formula is C9H28O4Si3. The molecule has 0 aromatic heterocycles. The van der Waals surface area contributed by atoms with Crippen molar-refractivity contribution in [2.24, 2.45) is 0 Å². The zero-order chi connectivity index (χ0) is 13.2. The fourth-order valence-electron chi connectivity index (χ4n) is 1.11. The van der Waals surface area contributed by atoms with Crippen molar-refractivity contribution < 1.29 is 17.1 Å². The van der Waals surface area contributed by atoms with Crippen LogP contribution < -0.4 is 0 Å². The Morgan fingerprint density at radius 3 is 1.94 bits per heavy atom. The Hall–Kier alpha value is 0.491. The topological polar surface area (TPSA) is 36.9 Å². The van der Waals surface area contributed by atoms with Crippen LogP contribution in [0.3, 0.4) is 0 Å². The number of hydrogen-bond donors (Lipinski definition) is 0. The minimum Gasteiger partial charge on any atom is -0.422 e. The summed E-state index contributed by atoms with van der Waals surface area (Å²) in [7, 11) is -3.29. The van der Waals surface area contributed by atoms with Crippen LogP contribution in [-0.2, 0) is 17.1 Å². The van der Waals surface area contributed by atoms with Crippen LogP contribution in [0.2, 0.25) is 26.2 Å². The molecule has 0 bridgehead atoms. The molecule has 0 aromatic carbocycles. The molecule has 100 valence electrons. The molecule has 16 heavy (non-hydrogen) atoms. The summed E-state index contributed by atoms with van der Waals surface area (Å²) in [6.07, 6.45) is 0. The Bertz CT molecular complexity index is 161. The zero-order valence-electron chi connectivity index (χ0n) is 12.0. The van der Waals surface area contributed by atoms with Crippen molar-refractivity contribution in [2.45, 2.75) is 47.0 Å². The first-order valence-corrected chi connectivity index (χ1v) is 13.0. The highest BCUT2D eigenvalue weighted by molar-refractivity contribution is 6.78. The van der Waals surface area contributed by atoms with Crippen LogP contribution in [-0.4, -0.2) is 40.8 Å². The van der Waals surface area contributed by atoms with Crippen molar-refractivity contribution >= 4 is 27.1 Å². The third-order valence-corrected chi connectivity index (χ3v) is 10.2. The summed E-state index contributed by atoms with van der Waals surface area (Å²) < 4.78 is 22.5. The van der Waals surface area contributed by atoms with Gasteiger partial charge in [-0.15, -0.1) is 0 Å². The van der Waals surface area contributed by atoms with Crippen LogP contribution in [0.1, 0.15) is 20.8 Å². The fourth-order valence-corrected chi connectivity index (χ4v) is 8.98. The van der Waals surface area contributed by atoms with Crippen molar-refractivity contribution in [1.29, 1.82) is 0 Å². The van der Waals surface area contributed by atoms with Gasteiger partial charge in [-0.1, -0.05) is 20.4 Å². The highest BCUT2D eigenvalue weighted by atomic mass is 28.5. The number of hydrogen-bond acceptors (Lipinski definition) is 4. The summed E-state index contributed by atoms with van der Waals surface area (Å²) >= 11 is 0. The summed E-state index contributed by atoms with van der Waals surface area (Å²) in [5.41, 5.74) is 0. The minimum atomic E-state index is -2.41. The molecule has 1 atom stereocenters. The van der Waals surface area contributed by atoms with Gasteiger partial charge in [-0.05, 0) is 20.0 Å². The lowest BCUT2D eigenvalue weighted by Gasteiger charge is -2.32. The maximum Gasteiger partial charge on any atom is 0.477 e. The van der Waals surface area contributed by atoms with Crippen molar-refractivity contribution in [3.8, 4) is 0 Å². The molecule has 0 rings (SSSR count). The van der Waals surface area contributed by atoms with Gasteiger partial charge in [0.25, 0.3) is 0 Å². The molecule has 0 amide bonds. The second kappa shape index (κ2) is 9.51. The molecule has 4 nitrogen and oxygen atoms in total. The monoisotopic (exact) mass is 284 g/mol.